The molecule has 22 heavy (non-hydrogen) atoms. The second kappa shape index (κ2) is 5.29. The molecule has 0 unspecified atom stereocenters. The molecule has 3 heteroatoms. The van der Waals surface area contributed by atoms with Gasteiger partial charge in [-0.2, -0.15) is 0 Å². The van der Waals surface area contributed by atoms with Crippen molar-refractivity contribution in [1.29, 1.82) is 0 Å². The van der Waals surface area contributed by atoms with Crippen LogP contribution in [0.4, 0.5) is 0 Å². The van der Waals surface area contributed by atoms with Crippen LogP contribution in [0.15, 0.2) is 28.9 Å². The Morgan fingerprint density at radius 1 is 1.27 bits per heavy atom. The minimum atomic E-state index is -0.000328. The molecule has 0 saturated heterocycles. The van der Waals surface area contributed by atoms with Gasteiger partial charge in [0, 0.05) is 12.1 Å². The fourth-order valence-electron chi connectivity index (χ4n) is 5.67. The van der Waals surface area contributed by atoms with Crippen LogP contribution in [0.3, 0.4) is 0 Å². The van der Waals surface area contributed by atoms with Crippen molar-refractivity contribution >= 4 is 12.0 Å². The highest BCUT2D eigenvalue weighted by atomic mass is 16.3. The molecule has 118 valence electrons. The number of carbonyl (C=O) groups is 1. The Morgan fingerprint density at radius 2 is 1.91 bits per heavy atom. The summed E-state index contributed by atoms with van der Waals surface area (Å²) in [5.74, 6) is 3.48. The molecule has 1 N–H and O–H groups in total. The molecule has 5 rings (SSSR count). The number of furan rings is 1. The summed E-state index contributed by atoms with van der Waals surface area (Å²) in [4.78, 5) is 12.2. The smallest absolute Gasteiger partial charge is 0.244 e. The van der Waals surface area contributed by atoms with E-state index in [0.717, 1.165) is 23.5 Å². The maximum Gasteiger partial charge on any atom is 0.244 e. The zero-order valence-corrected chi connectivity index (χ0v) is 13.3. The third-order valence-electron chi connectivity index (χ3n) is 6.31. The predicted molar refractivity (Wildman–Crippen MR) is 86.0 cm³/mol. The highest BCUT2D eigenvalue weighted by Gasteiger charge is 2.53. The standard InChI is InChI=1S/C19H25NO2/c1-13(20-18(21)5-4-17-3-2-6-22-17)19-10-14-7-15(11-19)9-16(8-14)12-19/h2-6,13-16H,7-12H2,1H3,(H,20,21)/b5-4+/t13-,14?,15?,16?,19?/m0/s1. The molecule has 1 amide bonds. The summed E-state index contributed by atoms with van der Waals surface area (Å²) >= 11 is 0. The van der Waals surface area contributed by atoms with Gasteiger partial charge in [0.15, 0.2) is 0 Å². The molecule has 4 aliphatic carbocycles. The highest BCUT2D eigenvalue weighted by Crippen LogP contribution is 2.61. The third-order valence-corrected chi connectivity index (χ3v) is 6.31. The second-order valence-electron chi connectivity index (χ2n) is 7.86. The summed E-state index contributed by atoms with van der Waals surface area (Å²) in [7, 11) is 0. The quantitative estimate of drug-likeness (QED) is 0.853. The molecule has 4 saturated carbocycles. The Kier molecular flexibility index (Phi) is 3.39. The number of carbonyl (C=O) groups excluding carboxylic acids is 1. The molecule has 1 heterocycles. The van der Waals surface area contributed by atoms with E-state index in [1.165, 1.54) is 38.5 Å². The van der Waals surface area contributed by atoms with Gasteiger partial charge in [-0.25, -0.2) is 0 Å². The van der Waals surface area contributed by atoms with E-state index in [0.29, 0.717) is 5.41 Å². The van der Waals surface area contributed by atoms with Gasteiger partial charge in [0.25, 0.3) is 0 Å². The van der Waals surface area contributed by atoms with Crippen LogP contribution in [0.1, 0.15) is 51.2 Å². The average Bonchev–Trinajstić information content (AvgIpc) is 2.97. The van der Waals surface area contributed by atoms with Gasteiger partial charge in [-0.1, -0.05) is 0 Å². The van der Waals surface area contributed by atoms with E-state index in [1.807, 2.05) is 12.1 Å². The van der Waals surface area contributed by atoms with E-state index in [9.17, 15) is 4.79 Å². The summed E-state index contributed by atoms with van der Waals surface area (Å²) in [5.41, 5.74) is 0.364. The molecule has 1 aromatic heterocycles. The molecular formula is C19H25NO2. The van der Waals surface area contributed by atoms with Gasteiger partial charge in [0.05, 0.1) is 6.26 Å². The predicted octanol–water partition coefficient (Wildman–Crippen LogP) is 4.01. The molecule has 1 aromatic rings. The maximum atomic E-state index is 12.2. The number of hydrogen-bond donors (Lipinski definition) is 1. The summed E-state index contributed by atoms with van der Waals surface area (Å²) in [5, 5.41) is 3.23. The Labute approximate surface area is 132 Å². The molecule has 3 nitrogen and oxygen atoms in total. The van der Waals surface area contributed by atoms with E-state index >= 15 is 0 Å². The first-order chi connectivity index (χ1) is 10.6. The Morgan fingerprint density at radius 3 is 2.45 bits per heavy atom. The molecule has 4 aliphatic rings. The first-order valence-electron chi connectivity index (χ1n) is 8.65. The number of rotatable bonds is 4. The van der Waals surface area contributed by atoms with Crippen LogP contribution in [-0.4, -0.2) is 11.9 Å². The average molecular weight is 299 g/mol. The van der Waals surface area contributed by atoms with Crippen molar-refractivity contribution in [1.82, 2.24) is 5.32 Å². The Bertz CT molecular complexity index is 537. The van der Waals surface area contributed by atoms with Crippen molar-refractivity contribution in [2.75, 3.05) is 0 Å². The van der Waals surface area contributed by atoms with E-state index in [1.54, 1.807) is 18.4 Å². The lowest BCUT2D eigenvalue weighted by Crippen LogP contribution is -2.55. The molecule has 0 aliphatic heterocycles. The number of nitrogens with one attached hydrogen (secondary N) is 1. The molecule has 4 fully saturated rings. The van der Waals surface area contributed by atoms with E-state index in [-0.39, 0.29) is 11.9 Å². The van der Waals surface area contributed by atoms with Crippen LogP contribution in [0.25, 0.3) is 6.08 Å². The summed E-state index contributed by atoms with van der Waals surface area (Å²) in [6, 6.07) is 3.96. The van der Waals surface area contributed by atoms with Gasteiger partial charge in [0.2, 0.25) is 5.91 Å². The molecule has 0 spiro atoms. The van der Waals surface area contributed by atoms with Crippen LogP contribution < -0.4 is 5.32 Å². The minimum Gasteiger partial charge on any atom is -0.465 e. The van der Waals surface area contributed by atoms with Crippen molar-refractivity contribution in [2.45, 2.75) is 51.5 Å². The SMILES string of the molecule is C[C@H](NC(=O)/C=C/c1ccco1)C12CC3CC(CC(C3)C1)C2. The van der Waals surface area contributed by atoms with E-state index in [2.05, 4.69) is 12.2 Å². The lowest BCUT2D eigenvalue weighted by atomic mass is 9.48. The van der Waals surface area contributed by atoms with Crippen LogP contribution in [0, 0.1) is 23.2 Å². The van der Waals surface area contributed by atoms with Crippen LogP contribution in [-0.2, 0) is 4.79 Å². The zero-order chi connectivity index (χ0) is 15.2. The van der Waals surface area contributed by atoms with Crippen LogP contribution >= 0.6 is 0 Å². The Balaban J connectivity index is 1.41. The molecule has 4 bridgehead atoms. The number of hydrogen-bond acceptors (Lipinski definition) is 2. The first-order valence-corrected chi connectivity index (χ1v) is 8.65. The topological polar surface area (TPSA) is 42.2 Å². The minimum absolute atomic E-state index is 0.000328. The van der Waals surface area contributed by atoms with Crippen LogP contribution in [0.5, 0.6) is 0 Å². The molecular weight excluding hydrogens is 274 g/mol. The van der Waals surface area contributed by atoms with Crippen molar-refractivity contribution in [2.24, 2.45) is 23.2 Å². The van der Waals surface area contributed by atoms with Gasteiger partial charge >= 0.3 is 0 Å². The fraction of sp³-hybridized carbons (Fsp3) is 0.632. The van der Waals surface area contributed by atoms with Gasteiger partial charge in [0.1, 0.15) is 5.76 Å². The van der Waals surface area contributed by atoms with Crippen molar-refractivity contribution in [3.8, 4) is 0 Å². The van der Waals surface area contributed by atoms with Gasteiger partial charge in [-0.15, -0.1) is 0 Å². The summed E-state index contributed by atoms with van der Waals surface area (Å²) in [6.45, 7) is 2.21. The summed E-state index contributed by atoms with van der Waals surface area (Å²) < 4.78 is 5.22. The molecule has 1 atom stereocenters. The van der Waals surface area contributed by atoms with Gasteiger partial charge in [-0.05, 0) is 86.8 Å². The monoisotopic (exact) mass is 299 g/mol. The third kappa shape index (κ3) is 2.51. The molecule has 0 radical (unpaired) electrons. The van der Waals surface area contributed by atoms with Gasteiger partial charge < -0.3 is 9.73 Å². The van der Waals surface area contributed by atoms with Crippen molar-refractivity contribution in [3.05, 3.63) is 30.2 Å². The van der Waals surface area contributed by atoms with Crippen LogP contribution in [0.2, 0.25) is 0 Å². The lowest BCUT2D eigenvalue weighted by Gasteiger charge is -2.59. The highest BCUT2D eigenvalue weighted by molar-refractivity contribution is 5.91. The fourth-order valence-corrected chi connectivity index (χ4v) is 5.67. The lowest BCUT2D eigenvalue weighted by molar-refractivity contribution is -0.121. The number of amides is 1. The normalized spacial score (nSPS) is 37.6. The van der Waals surface area contributed by atoms with Crippen molar-refractivity contribution < 1.29 is 9.21 Å². The molecule has 0 aromatic carbocycles. The van der Waals surface area contributed by atoms with E-state index < -0.39 is 0 Å². The zero-order valence-electron chi connectivity index (χ0n) is 13.3. The summed E-state index contributed by atoms with van der Waals surface area (Å²) in [6.07, 6.45) is 13.2. The van der Waals surface area contributed by atoms with Crippen molar-refractivity contribution in [3.63, 3.8) is 0 Å². The first kappa shape index (κ1) is 14.1. The van der Waals surface area contributed by atoms with E-state index in [4.69, 9.17) is 4.42 Å². The largest absolute Gasteiger partial charge is 0.465 e. The van der Waals surface area contributed by atoms with Gasteiger partial charge in [-0.3, -0.25) is 4.79 Å². The Hall–Kier alpha value is -1.51. The second-order valence-corrected chi connectivity index (χ2v) is 7.86. The maximum absolute atomic E-state index is 12.2.